The maximum atomic E-state index is 12.4. The van der Waals surface area contributed by atoms with Crippen LogP contribution in [0.1, 0.15) is 18.4 Å². The van der Waals surface area contributed by atoms with E-state index in [4.69, 9.17) is 9.47 Å². The van der Waals surface area contributed by atoms with Crippen molar-refractivity contribution in [1.82, 2.24) is 15.3 Å². The lowest BCUT2D eigenvalue weighted by molar-refractivity contribution is -0.113. The number of carbonyl (C=O) groups excluding carboxylic acids is 2. The Kier molecular flexibility index (Phi) is 6.50. The van der Waals surface area contributed by atoms with Crippen LogP contribution < -0.4 is 20.3 Å². The lowest BCUT2D eigenvalue weighted by Crippen LogP contribution is -2.25. The van der Waals surface area contributed by atoms with Crippen molar-refractivity contribution in [2.24, 2.45) is 0 Å². The number of ether oxygens (including phenoxy) is 2. The molecule has 2 N–H and O–H groups in total. The molecule has 3 aromatic rings. The van der Waals surface area contributed by atoms with Gasteiger partial charge in [0.05, 0.1) is 42.3 Å². The van der Waals surface area contributed by atoms with Crippen molar-refractivity contribution in [2.45, 2.75) is 30.4 Å². The van der Waals surface area contributed by atoms with Gasteiger partial charge in [0, 0.05) is 17.1 Å². The fraction of sp³-hybridized carbons (Fsp3) is 0.333. The van der Waals surface area contributed by atoms with Crippen LogP contribution in [0.5, 0.6) is 5.88 Å². The van der Waals surface area contributed by atoms with E-state index in [0.717, 1.165) is 52.3 Å². The topological polar surface area (TPSA) is 106 Å². The Morgan fingerprint density at radius 3 is 3.09 bits per heavy atom. The number of thioether (sulfide) groups is 1. The van der Waals surface area contributed by atoms with Crippen molar-refractivity contribution in [3.8, 4) is 5.88 Å². The number of hydrogen-bond acceptors (Lipinski definition) is 8. The van der Waals surface area contributed by atoms with Crippen LogP contribution in [-0.2, 0) is 16.1 Å². The summed E-state index contributed by atoms with van der Waals surface area (Å²) in [7, 11) is 1.58. The van der Waals surface area contributed by atoms with Gasteiger partial charge in [-0.1, -0.05) is 12.1 Å². The number of anilines is 2. The molecule has 2 amide bonds. The number of hydrogen-bond donors (Lipinski definition) is 2. The highest BCUT2D eigenvalue weighted by Crippen LogP contribution is 2.35. The zero-order valence-corrected chi connectivity index (χ0v) is 19.6. The molecule has 0 unspecified atom stereocenters. The second-order valence-corrected chi connectivity index (χ2v) is 9.17. The van der Waals surface area contributed by atoms with Gasteiger partial charge >= 0.3 is 6.09 Å². The molecule has 10 heteroatoms. The monoisotopic (exact) mass is 479 g/mol. The summed E-state index contributed by atoms with van der Waals surface area (Å²) >= 11 is 1.50. The highest BCUT2D eigenvalue weighted by molar-refractivity contribution is 8.00. The van der Waals surface area contributed by atoms with E-state index >= 15 is 0 Å². The van der Waals surface area contributed by atoms with Gasteiger partial charge in [-0.15, -0.1) is 11.8 Å². The Hall–Kier alpha value is -3.37. The minimum atomic E-state index is -0.351. The molecule has 0 saturated carbocycles. The molecule has 176 valence electrons. The minimum absolute atomic E-state index is 0.0290. The van der Waals surface area contributed by atoms with Crippen LogP contribution in [0.15, 0.2) is 47.5 Å². The summed E-state index contributed by atoms with van der Waals surface area (Å²) < 4.78 is 10.8. The van der Waals surface area contributed by atoms with Crippen LogP contribution in [0.4, 0.5) is 16.2 Å². The minimum Gasteiger partial charge on any atom is -0.480 e. The summed E-state index contributed by atoms with van der Waals surface area (Å²) in [5, 5.41) is 6.31. The van der Waals surface area contributed by atoms with Gasteiger partial charge in [0.2, 0.25) is 11.8 Å². The molecule has 34 heavy (non-hydrogen) atoms. The van der Waals surface area contributed by atoms with Crippen molar-refractivity contribution in [2.75, 3.05) is 36.2 Å². The summed E-state index contributed by atoms with van der Waals surface area (Å²) in [6.45, 7) is 1.94. The number of para-hydroxylation sites is 1. The molecule has 9 nitrogen and oxygen atoms in total. The first-order valence-electron chi connectivity index (χ1n) is 11.1. The number of aromatic nitrogens is 2. The molecule has 5 rings (SSSR count). The van der Waals surface area contributed by atoms with E-state index in [-0.39, 0.29) is 18.1 Å². The SMILES string of the molecule is COc1cnc2cccc(CNCCC[C@@H]3CN(c4ccc5c(c4)NC(=O)CS5)C(=O)O3)c2n1. The van der Waals surface area contributed by atoms with Crippen LogP contribution in [0.25, 0.3) is 11.0 Å². The van der Waals surface area contributed by atoms with Gasteiger partial charge in [0.15, 0.2) is 0 Å². The van der Waals surface area contributed by atoms with Crippen LogP contribution in [0.3, 0.4) is 0 Å². The maximum Gasteiger partial charge on any atom is 0.414 e. The summed E-state index contributed by atoms with van der Waals surface area (Å²) in [6.07, 6.45) is 2.72. The highest BCUT2D eigenvalue weighted by Gasteiger charge is 2.32. The number of benzene rings is 2. The number of cyclic esters (lactones) is 1. The van der Waals surface area contributed by atoms with Crippen molar-refractivity contribution < 1.29 is 19.1 Å². The number of carbonyl (C=O) groups is 2. The summed E-state index contributed by atoms with van der Waals surface area (Å²) in [4.78, 5) is 35.7. The third-order valence-corrected chi connectivity index (χ3v) is 6.89. The predicted octanol–water partition coefficient (Wildman–Crippen LogP) is 3.58. The zero-order chi connectivity index (χ0) is 23.5. The van der Waals surface area contributed by atoms with Crippen molar-refractivity contribution >= 4 is 46.2 Å². The lowest BCUT2D eigenvalue weighted by Gasteiger charge is -2.20. The van der Waals surface area contributed by atoms with Crippen molar-refractivity contribution in [1.29, 1.82) is 0 Å². The summed E-state index contributed by atoms with van der Waals surface area (Å²) in [6, 6.07) is 11.6. The molecule has 0 spiro atoms. The van der Waals surface area contributed by atoms with E-state index in [1.165, 1.54) is 11.8 Å². The quantitative estimate of drug-likeness (QED) is 0.473. The van der Waals surface area contributed by atoms with Gasteiger partial charge in [-0.3, -0.25) is 9.69 Å². The number of rotatable bonds is 8. The maximum absolute atomic E-state index is 12.4. The molecule has 1 atom stereocenters. The van der Waals surface area contributed by atoms with Gasteiger partial charge in [-0.2, -0.15) is 0 Å². The largest absolute Gasteiger partial charge is 0.480 e. The molecule has 1 aromatic heterocycles. The number of fused-ring (bicyclic) bond motifs is 2. The first-order valence-corrected chi connectivity index (χ1v) is 12.1. The number of nitrogens with zero attached hydrogens (tertiary/aromatic N) is 3. The molecule has 2 aliphatic rings. The molecular weight excluding hydrogens is 454 g/mol. The van der Waals surface area contributed by atoms with Crippen molar-refractivity contribution in [3.05, 3.63) is 48.2 Å². The second-order valence-electron chi connectivity index (χ2n) is 8.15. The van der Waals surface area contributed by atoms with Crippen LogP contribution >= 0.6 is 11.8 Å². The van der Waals surface area contributed by atoms with Gasteiger partial charge < -0.3 is 20.1 Å². The zero-order valence-electron chi connectivity index (χ0n) is 18.7. The number of methoxy groups -OCH3 is 1. The standard InChI is InChI=1S/C24H25N5O4S/c1-32-22-12-26-18-6-2-4-15(23(18)28-22)11-25-9-3-5-17-13-29(24(31)33-17)16-7-8-20-19(10-16)27-21(30)14-34-20/h2,4,6-8,10,12,17,25H,3,5,9,11,13-14H2,1H3,(H,27,30)/t17-/m1/s1. The van der Waals surface area contributed by atoms with E-state index in [0.29, 0.717) is 24.7 Å². The summed E-state index contributed by atoms with van der Waals surface area (Å²) in [5.41, 5.74) is 4.20. The number of amides is 2. The van der Waals surface area contributed by atoms with Crippen LogP contribution in [0.2, 0.25) is 0 Å². The van der Waals surface area contributed by atoms with Crippen LogP contribution in [0, 0.1) is 0 Å². The first kappa shape index (κ1) is 22.4. The highest BCUT2D eigenvalue weighted by atomic mass is 32.2. The molecule has 2 aromatic carbocycles. The molecular formula is C24H25N5O4S. The second kappa shape index (κ2) is 9.86. The average Bonchev–Trinajstić information content (AvgIpc) is 3.23. The molecule has 2 aliphatic heterocycles. The first-order chi connectivity index (χ1) is 16.6. The third kappa shape index (κ3) is 4.78. The van der Waals surface area contributed by atoms with E-state index in [9.17, 15) is 9.59 Å². The number of nitrogens with one attached hydrogen (secondary N) is 2. The van der Waals surface area contributed by atoms with E-state index in [2.05, 4.69) is 20.6 Å². The Balaban J connectivity index is 1.12. The fourth-order valence-corrected chi connectivity index (χ4v) is 4.90. The molecule has 0 bridgehead atoms. The Morgan fingerprint density at radius 2 is 2.21 bits per heavy atom. The molecule has 1 fully saturated rings. The van der Waals surface area contributed by atoms with Gasteiger partial charge in [0.1, 0.15) is 6.10 Å². The molecule has 0 aliphatic carbocycles. The normalized spacial score (nSPS) is 17.4. The van der Waals surface area contributed by atoms with Gasteiger partial charge in [0.25, 0.3) is 0 Å². The third-order valence-electron chi connectivity index (χ3n) is 5.82. The smallest absolute Gasteiger partial charge is 0.414 e. The fourth-order valence-electron chi connectivity index (χ4n) is 4.12. The van der Waals surface area contributed by atoms with Crippen LogP contribution in [-0.4, -0.2) is 54.0 Å². The Morgan fingerprint density at radius 1 is 1.29 bits per heavy atom. The van der Waals surface area contributed by atoms with E-state index in [1.807, 2.05) is 36.4 Å². The van der Waals surface area contributed by atoms with Gasteiger partial charge in [-0.05, 0) is 49.2 Å². The molecule has 1 saturated heterocycles. The van der Waals surface area contributed by atoms with Gasteiger partial charge in [-0.25, -0.2) is 14.8 Å². The molecule has 3 heterocycles. The van der Waals surface area contributed by atoms with E-state index in [1.54, 1.807) is 18.2 Å². The lowest BCUT2D eigenvalue weighted by atomic mass is 10.1. The van der Waals surface area contributed by atoms with E-state index < -0.39 is 0 Å². The molecule has 0 radical (unpaired) electrons. The summed E-state index contributed by atoms with van der Waals surface area (Å²) in [5.74, 6) is 0.877. The van der Waals surface area contributed by atoms with Crippen molar-refractivity contribution in [3.63, 3.8) is 0 Å². The Labute approximate surface area is 201 Å². The Bertz CT molecular complexity index is 1240. The predicted molar refractivity (Wildman–Crippen MR) is 130 cm³/mol. The average molecular weight is 480 g/mol.